The van der Waals surface area contributed by atoms with Crippen molar-refractivity contribution in [3.05, 3.63) is 194 Å². The summed E-state index contributed by atoms with van der Waals surface area (Å²) in [5.41, 5.74) is 11.8. The lowest BCUT2D eigenvalue weighted by molar-refractivity contribution is 0.622. The molecule has 0 radical (unpaired) electrons. The molecule has 0 aliphatic heterocycles. The number of hydrogen-bond acceptors (Lipinski definition) is 5. The monoisotopic (exact) mass is 760 g/mol. The van der Waals surface area contributed by atoms with E-state index in [0.29, 0.717) is 5.89 Å². The van der Waals surface area contributed by atoms with Crippen molar-refractivity contribution in [1.29, 1.82) is 0 Å². The highest BCUT2D eigenvalue weighted by molar-refractivity contribution is 7.25. The molecule has 0 spiro atoms. The maximum atomic E-state index is 6.66. The van der Waals surface area contributed by atoms with E-state index in [1.54, 1.807) is 11.3 Å². The minimum Gasteiger partial charge on any atom is -0.455 e. The van der Waals surface area contributed by atoms with Gasteiger partial charge in [0.2, 0.25) is 5.89 Å². The zero-order valence-corrected chi connectivity index (χ0v) is 31.9. The highest BCUT2D eigenvalue weighted by atomic mass is 32.1. The molecule has 12 aromatic rings. The third-order valence-corrected chi connectivity index (χ3v) is 12.4. The molecule has 0 atom stereocenters. The van der Waals surface area contributed by atoms with Gasteiger partial charge < -0.3 is 13.7 Å². The van der Waals surface area contributed by atoms with Gasteiger partial charge in [0.15, 0.2) is 5.58 Å². The van der Waals surface area contributed by atoms with Crippen molar-refractivity contribution in [2.75, 3.05) is 4.90 Å². The average Bonchev–Trinajstić information content (AvgIpc) is 4.00. The second kappa shape index (κ2) is 13.1. The third kappa shape index (κ3) is 5.32. The molecule has 0 saturated carbocycles. The number of nitrogens with zero attached hydrogens (tertiary/aromatic N) is 2. The van der Waals surface area contributed by atoms with E-state index in [1.165, 1.54) is 42.1 Å². The molecule has 9 aromatic carbocycles. The SMILES string of the molecule is c1ccc(-c2ccc(N(c3ccc(-c4cccc5c4oc4ccc6nc(-c7ccc8c(c7)sc7ccccc78)oc6c45)cc3)c3ccc4ccccc4c3)cc2)cc1. The third-order valence-electron chi connectivity index (χ3n) is 11.3. The number of furan rings is 1. The first kappa shape index (κ1) is 32.7. The van der Waals surface area contributed by atoms with Gasteiger partial charge in [0.1, 0.15) is 16.7 Å². The van der Waals surface area contributed by atoms with Gasteiger partial charge >= 0.3 is 0 Å². The van der Waals surface area contributed by atoms with Crippen LogP contribution in [0.1, 0.15) is 0 Å². The average molecular weight is 761 g/mol. The molecular weight excluding hydrogens is 729 g/mol. The Kier molecular flexibility index (Phi) is 7.37. The summed E-state index contributed by atoms with van der Waals surface area (Å²) in [5, 5.41) is 6.88. The molecule has 272 valence electrons. The second-order valence-corrected chi connectivity index (χ2v) is 15.8. The van der Waals surface area contributed by atoms with Gasteiger partial charge in [-0.05, 0) is 94.2 Å². The van der Waals surface area contributed by atoms with Crippen molar-refractivity contribution in [3.63, 3.8) is 0 Å². The second-order valence-electron chi connectivity index (χ2n) is 14.7. The fourth-order valence-electron chi connectivity index (χ4n) is 8.46. The van der Waals surface area contributed by atoms with E-state index in [-0.39, 0.29) is 0 Å². The van der Waals surface area contributed by atoms with E-state index in [9.17, 15) is 0 Å². The summed E-state index contributed by atoms with van der Waals surface area (Å²) in [5.74, 6) is 0.605. The van der Waals surface area contributed by atoms with E-state index >= 15 is 0 Å². The molecule has 0 amide bonds. The van der Waals surface area contributed by atoms with Gasteiger partial charge in [-0.1, -0.05) is 127 Å². The first-order valence-corrected chi connectivity index (χ1v) is 20.2. The van der Waals surface area contributed by atoms with Crippen LogP contribution >= 0.6 is 11.3 Å². The number of benzene rings is 9. The fraction of sp³-hybridized carbons (Fsp3) is 0. The number of aromatic nitrogens is 1. The molecular formula is C53H32N2O2S. The predicted molar refractivity (Wildman–Crippen MR) is 243 cm³/mol. The molecule has 3 heterocycles. The van der Waals surface area contributed by atoms with Crippen molar-refractivity contribution in [2.24, 2.45) is 0 Å². The summed E-state index contributed by atoms with van der Waals surface area (Å²) in [7, 11) is 0. The zero-order valence-electron chi connectivity index (χ0n) is 31.1. The number of para-hydroxylation sites is 1. The van der Waals surface area contributed by atoms with Crippen molar-refractivity contribution in [1.82, 2.24) is 4.98 Å². The number of anilines is 3. The Labute approximate surface area is 337 Å². The van der Waals surface area contributed by atoms with Crippen molar-refractivity contribution in [3.8, 4) is 33.7 Å². The maximum Gasteiger partial charge on any atom is 0.227 e. The van der Waals surface area contributed by atoms with E-state index < -0.39 is 0 Å². The fourth-order valence-corrected chi connectivity index (χ4v) is 9.61. The van der Waals surface area contributed by atoms with Crippen LogP contribution in [0.5, 0.6) is 0 Å². The Hall–Kier alpha value is -7.47. The molecule has 12 rings (SSSR count). The van der Waals surface area contributed by atoms with Gasteiger partial charge in [0, 0.05) is 53.7 Å². The van der Waals surface area contributed by atoms with Crippen molar-refractivity contribution < 1.29 is 8.83 Å². The van der Waals surface area contributed by atoms with Gasteiger partial charge in [-0.25, -0.2) is 4.98 Å². The highest BCUT2D eigenvalue weighted by Gasteiger charge is 2.20. The Bertz CT molecular complexity index is 3510. The number of rotatable bonds is 6. The largest absolute Gasteiger partial charge is 0.455 e. The first-order valence-electron chi connectivity index (χ1n) is 19.4. The molecule has 0 N–H and O–H groups in total. The van der Waals surface area contributed by atoms with Crippen LogP contribution in [-0.2, 0) is 0 Å². The van der Waals surface area contributed by atoms with Gasteiger partial charge in [0.25, 0.3) is 0 Å². The molecule has 0 unspecified atom stereocenters. The minimum absolute atomic E-state index is 0.605. The minimum atomic E-state index is 0.605. The van der Waals surface area contributed by atoms with Crippen LogP contribution in [0, 0.1) is 0 Å². The van der Waals surface area contributed by atoms with Crippen molar-refractivity contribution in [2.45, 2.75) is 0 Å². The van der Waals surface area contributed by atoms with E-state index in [0.717, 1.165) is 66.8 Å². The van der Waals surface area contributed by atoms with Crippen molar-refractivity contribution >= 4 is 92.4 Å². The summed E-state index contributed by atoms with van der Waals surface area (Å²) in [6, 6.07) is 68.7. The van der Waals surface area contributed by atoms with Crippen LogP contribution in [-0.4, -0.2) is 4.98 Å². The van der Waals surface area contributed by atoms with E-state index in [2.05, 4.69) is 187 Å². The Balaban J connectivity index is 0.933. The summed E-state index contributed by atoms with van der Waals surface area (Å²) in [4.78, 5) is 7.29. The summed E-state index contributed by atoms with van der Waals surface area (Å²) in [6.45, 7) is 0. The Morgan fingerprint density at radius 1 is 0.414 bits per heavy atom. The molecule has 0 bridgehead atoms. The number of fused-ring (bicyclic) bond motifs is 9. The Morgan fingerprint density at radius 3 is 1.93 bits per heavy atom. The zero-order chi connectivity index (χ0) is 38.2. The number of hydrogen-bond donors (Lipinski definition) is 0. The van der Waals surface area contributed by atoms with E-state index in [1.807, 2.05) is 12.1 Å². The van der Waals surface area contributed by atoms with E-state index in [4.69, 9.17) is 13.8 Å². The molecule has 0 fully saturated rings. The standard InChI is InChI=1S/C53H32N2O2S/c1-2-9-33(10-3-1)35-17-23-39(24-18-35)55(41-27-19-34-11-4-5-12-37(34)31-41)40-25-20-36(21-26-40)42-14-8-15-45-50-47(56-51(42)45)30-29-46-52(50)57-53(54-46)38-22-28-44-43-13-6-7-16-48(43)58-49(44)32-38/h1-32H. The summed E-state index contributed by atoms with van der Waals surface area (Å²) >= 11 is 1.80. The van der Waals surface area contributed by atoms with Crippen LogP contribution in [0.4, 0.5) is 17.1 Å². The summed E-state index contributed by atoms with van der Waals surface area (Å²) in [6.07, 6.45) is 0. The Morgan fingerprint density at radius 2 is 1.09 bits per heavy atom. The van der Waals surface area contributed by atoms with Crippen LogP contribution in [0.3, 0.4) is 0 Å². The van der Waals surface area contributed by atoms with Crippen LogP contribution in [0.2, 0.25) is 0 Å². The molecule has 0 saturated heterocycles. The predicted octanol–water partition coefficient (Wildman–Crippen LogP) is 15.7. The van der Waals surface area contributed by atoms with Gasteiger partial charge in [-0.2, -0.15) is 0 Å². The maximum absolute atomic E-state index is 6.66. The molecule has 3 aromatic heterocycles. The summed E-state index contributed by atoms with van der Waals surface area (Å²) < 4.78 is 15.8. The molecule has 0 aliphatic carbocycles. The number of thiophene rings is 1. The smallest absolute Gasteiger partial charge is 0.227 e. The highest BCUT2D eigenvalue weighted by Crippen LogP contribution is 2.43. The normalized spacial score (nSPS) is 11.8. The topological polar surface area (TPSA) is 42.4 Å². The number of oxazole rings is 1. The lowest BCUT2D eigenvalue weighted by Crippen LogP contribution is -2.09. The first-order chi connectivity index (χ1) is 28.7. The molecule has 4 nitrogen and oxygen atoms in total. The van der Waals surface area contributed by atoms with Gasteiger partial charge in [-0.15, -0.1) is 11.3 Å². The van der Waals surface area contributed by atoms with Gasteiger partial charge in [0.05, 0.1) is 5.39 Å². The van der Waals surface area contributed by atoms with Crippen LogP contribution in [0.15, 0.2) is 203 Å². The van der Waals surface area contributed by atoms with Gasteiger partial charge in [-0.3, -0.25) is 0 Å². The molecule has 0 aliphatic rings. The van der Waals surface area contributed by atoms with Crippen LogP contribution in [0.25, 0.3) is 97.7 Å². The molecule has 58 heavy (non-hydrogen) atoms. The quantitative estimate of drug-likeness (QED) is 0.169. The lowest BCUT2D eigenvalue weighted by Gasteiger charge is -2.26. The van der Waals surface area contributed by atoms with Crippen LogP contribution < -0.4 is 4.90 Å². The lowest BCUT2D eigenvalue weighted by atomic mass is 10.0. The molecule has 5 heteroatoms.